The smallest absolute Gasteiger partial charge is 0.130 e. The molecule has 2 nitrogen and oxygen atoms in total. The fourth-order valence-corrected chi connectivity index (χ4v) is 1.45. The number of nitrogens with two attached hydrogens (primary N) is 1. The van der Waals surface area contributed by atoms with Crippen LogP contribution in [-0.2, 0) is 0 Å². The summed E-state index contributed by atoms with van der Waals surface area (Å²) in [5, 5.41) is 0. The van der Waals surface area contributed by atoms with Crippen molar-refractivity contribution in [2.75, 3.05) is 0 Å². The van der Waals surface area contributed by atoms with Crippen LogP contribution in [0.4, 0.5) is 8.78 Å². The SMILES string of the molecule is CC#CCCC(NN)c1ccc(F)cc1F. The number of rotatable bonds is 4. The number of halogens is 2. The molecule has 3 N–H and O–H groups in total. The van der Waals surface area contributed by atoms with Gasteiger partial charge in [-0.15, -0.1) is 11.8 Å². The summed E-state index contributed by atoms with van der Waals surface area (Å²) in [6, 6.07) is 3.12. The predicted molar refractivity (Wildman–Crippen MR) is 59.1 cm³/mol. The molecule has 1 aromatic rings. The Morgan fingerprint density at radius 3 is 2.75 bits per heavy atom. The van der Waals surface area contributed by atoms with E-state index in [-0.39, 0.29) is 6.04 Å². The molecule has 0 aliphatic rings. The van der Waals surface area contributed by atoms with E-state index in [4.69, 9.17) is 5.84 Å². The summed E-state index contributed by atoms with van der Waals surface area (Å²) < 4.78 is 26.1. The first kappa shape index (κ1) is 12.6. The Hall–Kier alpha value is -1.44. The van der Waals surface area contributed by atoms with Crippen molar-refractivity contribution in [2.24, 2.45) is 5.84 Å². The second-order valence-corrected chi connectivity index (χ2v) is 3.35. The Labute approximate surface area is 93.8 Å². The lowest BCUT2D eigenvalue weighted by molar-refractivity contribution is 0.485. The number of hydrazine groups is 1. The zero-order valence-corrected chi connectivity index (χ0v) is 9.06. The molecule has 0 fully saturated rings. The van der Waals surface area contributed by atoms with Crippen molar-refractivity contribution in [3.05, 3.63) is 35.4 Å². The molecule has 86 valence electrons. The van der Waals surface area contributed by atoms with Gasteiger partial charge in [-0.05, 0) is 19.4 Å². The maximum absolute atomic E-state index is 13.4. The van der Waals surface area contributed by atoms with E-state index in [1.807, 2.05) is 0 Å². The maximum atomic E-state index is 13.4. The minimum atomic E-state index is -0.592. The van der Waals surface area contributed by atoms with Gasteiger partial charge in [0.15, 0.2) is 0 Å². The Morgan fingerprint density at radius 2 is 2.19 bits per heavy atom. The van der Waals surface area contributed by atoms with Crippen LogP contribution in [-0.4, -0.2) is 0 Å². The van der Waals surface area contributed by atoms with E-state index in [1.54, 1.807) is 6.92 Å². The first-order valence-corrected chi connectivity index (χ1v) is 4.99. The second kappa shape index (κ2) is 6.21. The number of hydrogen-bond acceptors (Lipinski definition) is 2. The topological polar surface area (TPSA) is 38.0 Å². The molecule has 1 aromatic carbocycles. The number of benzene rings is 1. The van der Waals surface area contributed by atoms with Crippen LogP contribution in [0.25, 0.3) is 0 Å². The molecule has 0 aliphatic carbocycles. The van der Waals surface area contributed by atoms with E-state index in [2.05, 4.69) is 17.3 Å². The van der Waals surface area contributed by atoms with Gasteiger partial charge in [0, 0.05) is 24.1 Å². The molecule has 1 rings (SSSR count). The van der Waals surface area contributed by atoms with Gasteiger partial charge >= 0.3 is 0 Å². The molecule has 1 unspecified atom stereocenters. The molecule has 0 spiro atoms. The zero-order chi connectivity index (χ0) is 12.0. The van der Waals surface area contributed by atoms with E-state index in [0.717, 1.165) is 6.07 Å². The fourth-order valence-electron chi connectivity index (χ4n) is 1.45. The Kier molecular flexibility index (Phi) is 4.90. The molecular weight excluding hydrogens is 210 g/mol. The van der Waals surface area contributed by atoms with Crippen LogP contribution in [0.3, 0.4) is 0 Å². The number of nitrogens with one attached hydrogen (secondary N) is 1. The highest BCUT2D eigenvalue weighted by molar-refractivity contribution is 5.22. The van der Waals surface area contributed by atoms with Gasteiger partial charge in [-0.25, -0.2) is 8.78 Å². The van der Waals surface area contributed by atoms with E-state index >= 15 is 0 Å². The van der Waals surface area contributed by atoms with E-state index in [1.165, 1.54) is 12.1 Å². The van der Waals surface area contributed by atoms with Crippen molar-refractivity contribution < 1.29 is 8.78 Å². The molecule has 0 saturated carbocycles. The lowest BCUT2D eigenvalue weighted by Crippen LogP contribution is -2.28. The standard InChI is InChI=1S/C12H14F2N2/c1-2-3-4-5-12(16-15)10-7-6-9(13)8-11(10)14/h6-8,12,16H,4-5,15H2,1H3. The van der Waals surface area contributed by atoms with Crippen LogP contribution in [0.15, 0.2) is 18.2 Å². The van der Waals surface area contributed by atoms with Gasteiger partial charge in [0.2, 0.25) is 0 Å². The minimum absolute atomic E-state index is 0.346. The molecule has 0 aliphatic heterocycles. The van der Waals surface area contributed by atoms with Crippen molar-refractivity contribution >= 4 is 0 Å². The Balaban J connectivity index is 2.80. The van der Waals surface area contributed by atoms with Crippen molar-refractivity contribution in [3.63, 3.8) is 0 Å². The Bertz CT molecular complexity index is 407. The predicted octanol–water partition coefficient (Wildman–Crippen LogP) is 2.27. The minimum Gasteiger partial charge on any atom is -0.271 e. The lowest BCUT2D eigenvalue weighted by atomic mass is 10.0. The maximum Gasteiger partial charge on any atom is 0.130 e. The van der Waals surface area contributed by atoms with Gasteiger partial charge in [0.1, 0.15) is 11.6 Å². The molecule has 0 heterocycles. The molecular formula is C12H14F2N2. The average Bonchev–Trinajstić information content (AvgIpc) is 2.26. The Morgan fingerprint density at radius 1 is 1.44 bits per heavy atom. The van der Waals surface area contributed by atoms with Crippen LogP contribution in [0.2, 0.25) is 0 Å². The van der Waals surface area contributed by atoms with Crippen LogP contribution < -0.4 is 11.3 Å². The normalized spacial score (nSPS) is 11.8. The van der Waals surface area contributed by atoms with Crippen LogP contribution in [0.1, 0.15) is 31.4 Å². The van der Waals surface area contributed by atoms with Crippen molar-refractivity contribution in [1.82, 2.24) is 5.43 Å². The summed E-state index contributed by atoms with van der Waals surface area (Å²) in [6.45, 7) is 1.74. The molecule has 0 bridgehead atoms. The third-order valence-electron chi connectivity index (χ3n) is 2.27. The van der Waals surface area contributed by atoms with Crippen LogP contribution in [0, 0.1) is 23.5 Å². The molecule has 1 atom stereocenters. The summed E-state index contributed by atoms with van der Waals surface area (Å²) in [7, 11) is 0. The van der Waals surface area contributed by atoms with E-state index < -0.39 is 11.6 Å². The largest absolute Gasteiger partial charge is 0.271 e. The molecule has 0 amide bonds. The number of hydrogen-bond donors (Lipinski definition) is 2. The van der Waals surface area contributed by atoms with Gasteiger partial charge < -0.3 is 0 Å². The quantitative estimate of drug-likeness (QED) is 0.468. The lowest BCUT2D eigenvalue weighted by Gasteiger charge is -2.15. The third kappa shape index (κ3) is 3.30. The molecule has 16 heavy (non-hydrogen) atoms. The van der Waals surface area contributed by atoms with E-state index in [0.29, 0.717) is 18.4 Å². The van der Waals surface area contributed by atoms with Gasteiger partial charge in [0.05, 0.1) is 0 Å². The van der Waals surface area contributed by atoms with Gasteiger partial charge in [-0.3, -0.25) is 11.3 Å². The summed E-state index contributed by atoms with van der Waals surface area (Å²) >= 11 is 0. The summed E-state index contributed by atoms with van der Waals surface area (Å²) in [6.07, 6.45) is 1.20. The van der Waals surface area contributed by atoms with Crippen molar-refractivity contribution in [1.29, 1.82) is 0 Å². The summed E-state index contributed by atoms with van der Waals surface area (Å²) in [5.41, 5.74) is 2.87. The summed E-state index contributed by atoms with van der Waals surface area (Å²) in [5.74, 6) is 9.77. The van der Waals surface area contributed by atoms with Crippen molar-refractivity contribution in [3.8, 4) is 11.8 Å². The first-order valence-electron chi connectivity index (χ1n) is 4.99. The highest BCUT2D eigenvalue weighted by atomic mass is 19.1. The van der Waals surface area contributed by atoms with Crippen molar-refractivity contribution in [2.45, 2.75) is 25.8 Å². The van der Waals surface area contributed by atoms with Crippen LogP contribution in [0.5, 0.6) is 0 Å². The van der Waals surface area contributed by atoms with Crippen LogP contribution >= 0.6 is 0 Å². The average molecular weight is 224 g/mol. The molecule has 0 aromatic heterocycles. The monoisotopic (exact) mass is 224 g/mol. The molecule has 4 heteroatoms. The molecule has 0 radical (unpaired) electrons. The van der Waals surface area contributed by atoms with Gasteiger partial charge in [0.25, 0.3) is 0 Å². The van der Waals surface area contributed by atoms with E-state index in [9.17, 15) is 8.78 Å². The third-order valence-corrected chi connectivity index (χ3v) is 2.27. The van der Waals surface area contributed by atoms with Gasteiger partial charge in [-0.1, -0.05) is 6.07 Å². The highest BCUT2D eigenvalue weighted by Gasteiger charge is 2.14. The fraction of sp³-hybridized carbons (Fsp3) is 0.333. The van der Waals surface area contributed by atoms with Gasteiger partial charge in [-0.2, -0.15) is 0 Å². The second-order valence-electron chi connectivity index (χ2n) is 3.35. The summed E-state index contributed by atoms with van der Waals surface area (Å²) in [4.78, 5) is 0. The highest BCUT2D eigenvalue weighted by Crippen LogP contribution is 2.21. The molecule has 0 saturated heterocycles. The first-order chi connectivity index (χ1) is 7.69. The zero-order valence-electron chi connectivity index (χ0n) is 9.06.